The molecule has 0 fully saturated rings. The van der Waals surface area contributed by atoms with E-state index in [1.165, 1.54) is 23.5 Å². The molecule has 7 rings (SSSR count). The Balaban J connectivity index is 1.27. The second-order valence-corrected chi connectivity index (χ2v) is 10.3. The molecule has 0 saturated carbocycles. The molecule has 0 spiro atoms. The summed E-state index contributed by atoms with van der Waals surface area (Å²) in [6.45, 7) is 0.336. The molecule has 3 aromatic heterocycles. The zero-order chi connectivity index (χ0) is 27.1. The Kier molecular flexibility index (Phi) is 5.94. The van der Waals surface area contributed by atoms with Crippen LogP contribution in [0.5, 0.6) is 5.75 Å². The van der Waals surface area contributed by atoms with Gasteiger partial charge in [-0.1, -0.05) is 53.8 Å². The Morgan fingerprint density at radius 2 is 1.62 bits per heavy atom. The number of fused-ring (bicyclic) bond motifs is 3. The van der Waals surface area contributed by atoms with Gasteiger partial charge in [-0.15, -0.1) is 0 Å². The van der Waals surface area contributed by atoms with Crippen LogP contribution in [0.25, 0.3) is 39.0 Å². The third-order valence-electron chi connectivity index (χ3n) is 6.64. The monoisotopic (exact) mass is 544 g/mol. The molecule has 0 bridgehead atoms. The molecule has 40 heavy (non-hydrogen) atoms. The number of hydrogen-bond acceptors (Lipinski definition) is 5. The molecule has 194 valence electrons. The largest absolute Gasteiger partial charge is 0.489 e. The van der Waals surface area contributed by atoms with E-state index in [1.54, 1.807) is 16.5 Å². The van der Waals surface area contributed by atoms with Crippen LogP contribution in [0.2, 0.25) is 0 Å². The molecule has 0 atom stereocenters. The summed E-state index contributed by atoms with van der Waals surface area (Å²) in [7, 11) is 0. The summed E-state index contributed by atoms with van der Waals surface area (Å²) < 4.78 is 23.1. The van der Waals surface area contributed by atoms with E-state index in [9.17, 15) is 9.18 Å². The minimum Gasteiger partial charge on any atom is -0.489 e. The van der Waals surface area contributed by atoms with Crippen LogP contribution in [0.3, 0.4) is 0 Å². The van der Waals surface area contributed by atoms with Gasteiger partial charge in [0.1, 0.15) is 23.9 Å². The summed E-state index contributed by atoms with van der Waals surface area (Å²) in [6, 6.07) is 31.4. The highest BCUT2D eigenvalue weighted by molar-refractivity contribution is 7.15. The number of aromatic nitrogens is 4. The highest BCUT2D eigenvalue weighted by Crippen LogP contribution is 2.27. The second-order valence-electron chi connectivity index (χ2n) is 9.29. The number of para-hydroxylation sites is 3. The molecule has 0 unspecified atom stereocenters. The van der Waals surface area contributed by atoms with E-state index < -0.39 is 0 Å². The van der Waals surface area contributed by atoms with Crippen molar-refractivity contribution in [3.05, 3.63) is 141 Å². The predicted octanol–water partition coefficient (Wildman–Crippen LogP) is 6.03. The van der Waals surface area contributed by atoms with Gasteiger partial charge in [-0.05, 0) is 72.3 Å². The third-order valence-corrected chi connectivity index (χ3v) is 7.61. The Hall–Kier alpha value is -5.08. The molecule has 4 aromatic carbocycles. The summed E-state index contributed by atoms with van der Waals surface area (Å²) in [5.41, 5.74) is 5.74. The van der Waals surface area contributed by atoms with Crippen LogP contribution in [0.4, 0.5) is 4.39 Å². The number of hydrogen-bond donors (Lipinski definition) is 0. The lowest BCUT2D eigenvalue weighted by atomic mass is 10.1. The molecule has 0 aliphatic rings. The minimum atomic E-state index is -0.273. The van der Waals surface area contributed by atoms with Crippen molar-refractivity contribution in [2.45, 2.75) is 6.61 Å². The quantitative estimate of drug-likeness (QED) is 0.257. The molecular weight excluding hydrogens is 523 g/mol. The fourth-order valence-corrected chi connectivity index (χ4v) is 5.62. The summed E-state index contributed by atoms with van der Waals surface area (Å²) >= 11 is 1.36. The SMILES string of the molecule is O=c1c(=Cc2cn(-c3ccccc3)nc2-c2ccc(OCc3ccc(F)cc3)cc2)sc2nc3ccccc3n12. The van der Waals surface area contributed by atoms with Gasteiger partial charge in [0.15, 0.2) is 4.96 Å². The molecule has 3 heterocycles. The first kappa shape index (κ1) is 24.0. The van der Waals surface area contributed by atoms with Crippen LogP contribution >= 0.6 is 11.3 Å². The maximum Gasteiger partial charge on any atom is 0.274 e. The van der Waals surface area contributed by atoms with E-state index in [2.05, 4.69) is 4.98 Å². The lowest BCUT2D eigenvalue weighted by Gasteiger charge is -2.07. The van der Waals surface area contributed by atoms with Gasteiger partial charge in [-0.25, -0.2) is 18.5 Å². The van der Waals surface area contributed by atoms with E-state index in [1.807, 2.05) is 95.8 Å². The van der Waals surface area contributed by atoms with Crippen LogP contribution in [-0.2, 0) is 6.61 Å². The number of halogens is 1. The summed E-state index contributed by atoms with van der Waals surface area (Å²) in [6.07, 6.45) is 3.82. The minimum absolute atomic E-state index is 0.100. The van der Waals surface area contributed by atoms with Crippen molar-refractivity contribution in [1.29, 1.82) is 0 Å². The summed E-state index contributed by atoms with van der Waals surface area (Å²) in [5.74, 6) is 0.416. The number of nitrogens with zero attached hydrogens (tertiary/aromatic N) is 4. The van der Waals surface area contributed by atoms with Crippen molar-refractivity contribution < 1.29 is 9.13 Å². The number of imidazole rings is 1. The Morgan fingerprint density at radius 3 is 2.42 bits per heavy atom. The molecule has 0 aliphatic heterocycles. The Morgan fingerprint density at radius 1 is 0.875 bits per heavy atom. The molecular formula is C32H21FN4O2S. The normalized spacial score (nSPS) is 12.0. The van der Waals surface area contributed by atoms with Crippen molar-refractivity contribution >= 4 is 33.4 Å². The van der Waals surface area contributed by atoms with Gasteiger partial charge in [0, 0.05) is 17.3 Å². The zero-order valence-corrected chi connectivity index (χ0v) is 21.9. The first-order valence-electron chi connectivity index (χ1n) is 12.7. The zero-order valence-electron chi connectivity index (χ0n) is 21.1. The number of thiazole rings is 1. The summed E-state index contributed by atoms with van der Waals surface area (Å²) in [4.78, 5) is 18.7. The molecule has 0 N–H and O–H groups in total. The Labute approximate surface area is 231 Å². The number of benzene rings is 4. The van der Waals surface area contributed by atoms with Crippen molar-refractivity contribution in [3.63, 3.8) is 0 Å². The standard InChI is InChI=1S/C32H21FN4O2S/c33-24-14-10-21(11-15-24)20-39-26-16-12-22(13-17-26)30-23(19-36(35-30)25-6-2-1-3-7-25)18-29-31(38)37-28-9-5-4-8-27(28)34-32(37)40-29/h1-19H,20H2. The second kappa shape index (κ2) is 9.91. The molecule has 8 heteroatoms. The van der Waals surface area contributed by atoms with Crippen LogP contribution < -0.4 is 14.8 Å². The van der Waals surface area contributed by atoms with Crippen LogP contribution in [0.1, 0.15) is 11.1 Å². The molecule has 0 saturated heterocycles. The van der Waals surface area contributed by atoms with Crippen LogP contribution in [0, 0.1) is 5.82 Å². The van der Waals surface area contributed by atoms with Crippen molar-refractivity contribution in [3.8, 4) is 22.7 Å². The number of ether oxygens (including phenoxy) is 1. The van der Waals surface area contributed by atoms with Crippen LogP contribution in [0.15, 0.2) is 114 Å². The van der Waals surface area contributed by atoms with Gasteiger partial charge in [0.25, 0.3) is 5.56 Å². The molecule has 7 aromatic rings. The maximum atomic E-state index is 13.4. The fourth-order valence-electron chi connectivity index (χ4n) is 4.64. The van der Waals surface area contributed by atoms with Crippen LogP contribution in [-0.4, -0.2) is 19.2 Å². The maximum absolute atomic E-state index is 13.4. The molecule has 0 aliphatic carbocycles. The first-order chi connectivity index (χ1) is 19.6. The van der Waals surface area contributed by atoms with Gasteiger partial charge in [-0.2, -0.15) is 5.10 Å². The van der Waals surface area contributed by atoms with Gasteiger partial charge in [-0.3, -0.25) is 4.79 Å². The van der Waals surface area contributed by atoms with E-state index in [-0.39, 0.29) is 11.4 Å². The van der Waals surface area contributed by atoms with Crippen molar-refractivity contribution in [2.24, 2.45) is 0 Å². The smallest absolute Gasteiger partial charge is 0.274 e. The van der Waals surface area contributed by atoms with E-state index in [4.69, 9.17) is 9.84 Å². The first-order valence-corrected chi connectivity index (χ1v) is 13.5. The molecule has 0 amide bonds. The van der Waals surface area contributed by atoms with Crippen molar-refractivity contribution in [1.82, 2.24) is 19.2 Å². The lowest BCUT2D eigenvalue weighted by Crippen LogP contribution is -2.22. The Bertz CT molecular complexity index is 2080. The highest BCUT2D eigenvalue weighted by Gasteiger charge is 2.14. The van der Waals surface area contributed by atoms with Gasteiger partial charge >= 0.3 is 0 Å². The predicted molar refractivity (Wildman–Crippen MR) is 155 cm³/mol. The van der Waals surface area contributed by atoms with Crippen molar-refractivity contribution in [2.75, 3.05) is 0 Å². The highest BCUT2D eigenvalue weighted by atomic mass is 32.1. The van der Waals surface area contributed by atoms with E-state index in [0.717, 1.165) is 39.1 Å². The average Bonchev–Trinajstić information content (AvgIpc) is 3.66. The van der Waals surface area contributed by atoms with E-state index >= 15 is 0 Å². The average molecular weight is 545 g/mol. The molecule has 6 nitrogen and oxygen atoms in total. The molecule has 0 radical (unpaired) electrons. The van der Waals surface area contributed by atoms with Gasteiger partial charge < -0.3 is 4.74 Å². The van der Waals surface area contributed by atoms with Gasteiger partial charge in [0.05, 0.1) is 21.3 Å². The summed E-state index contributed by atoms with van der Waals surface area (Å²) in [5, 5.41) is 4.89. The van der Waals surface area contributed by atoms with E-state index in [0.29, 0.717) is 21.8 Å². The van der Waals surface area contributed by atoms with Gasteiger partial charge in [0.2, 0.25) is 0 Å². The third kappa shape index (κ3) is 4.44. The fraction of sp³-hybridized carbons (Fsp3) is 0.0312. The number of rotatable bonds is 6. The topological polar surface area (TPSA) is 61.4 Å². The lowest BCUT2D eigenvalue weighted by molar-refractivity contribution is 0.306.